The van der Waals surface area contributed by atoms with Crippen molar-refractivity contribution in [1.82, 2.24) is 20.2 Å². The molecule has 7 rings (SSSR count). The van der Waals surface area contributed by atoms with Crippen molar-refractivity contribution in [3.05, 3.63) is 95.7 Å². The summed E-state index contributed by atoms with van der Waals surface area (Å²) in [6, 6.07) is 18.4. The number of fused-ring (bicyclic) bond motifs is 1. The van der Waals surface area contributed by atoms with Gasteiger partial charge >= 0.3 is 0 Å². The number of nitrogens with zero attached hydrogens (tertiary/aromatic N) is 4. The number of pyridine rings is 2. The zero-order valence-electron chi connectivity index (χ0n) is 28.6. The van der Waals surface area contributed by atoms with E-state index in [1.807, 2.05) is 0 Å². The first-order chi connectivity index (χ1) is 24.2. The third-order valence-corrected chi connectivity index (χ3v) is 10.3. The average molecular weight is 681 g/mol. The molecule has 2 atom stereocenters. The van der Waals surface area contributed by atoms with Gasteiger partial charge in [-0.3, -0.25) is 9.78 Å². The number of amides is 1. The van der Waals surface area contributed by atoms with Gasteiger partial charge in [0.05, 0.1) is 44.2 Å². The van der Waals surface area contributed by atoms with Crippen molar-refractivity contribution in [3.8, 4) is 22.3 Å². The van der Waals surface area contributed by atoms with Gasteiger partial charge in [0.15, 0.2) is 0 Å². The van der Waals surface area contributed by atoms with Crippen LogP contribution in [-0.4, -0.2) is 90.1 Å². The minimum atomic E-state index is -0.481. The number of carbonyl (C=O) groups excluding carboxylic acids is 1. The second-order valence-corrected chi connectivity index (χ2v) is 14.3. The molecule has 2 aromatic heterocycles. The van der Waals surface area contributed by atoms with Gasteiger partial charge in [-0.25, -0.2) is 9.37 Å². The maximum Gasteiger partial charge on any atom is 0.255 e. The third-order valence-electron chi connectivity index (χ3n) is 10.3. The quantitative estimate of drug-likeness (QED) is 0.217. The number of aromatic nitrogens is 2. The number of nitrogens with one attached hydrogen (secondary N) is 1. The molecular formula is C39H45FN6O4. The molecule has 10 nitrogen and oxygen atoms in total. The number of aliphatic hydroxyl groups excluding tert-OH is 1. The van der Waals surface area contributed by atoms with E-state index in [0.717, 1.165) is 56.3 Å². The molecular weight excluding hydrogens is 635 g/mol. The molecule has 4 N–H and O–H groups in total. The lowest BCUT2D eigenvalue weighted by atomic mass is 9.85. The molecule has 0 aliphatic carbocycles. The van der Waals surface area contributed by atoms with Crippen LogP contribution in [0.2, 0.25) is 0 Å². The minimum Gasteiger partial charge on any atom is -0.395 e. The first kappa shape index (κ1) is 34.0. The number of rotatable bonds is 10. The van der Waals surface area contributed by atoms with Crippen LogP contribution < -0.4 is 16.0 Å². The van der Waals surface area contributed by atoms with E-state index in [-0.39, 0.29) is 35.5 Å². The van der Waals surface area contributed by atoms with Crippen molar-refractivity contribution < 1.29 is 23.8 Å². The highest BCUT2D eigenvalue weighted by atomic mass is 19.1. The molecule has 3 aliphatic rings. The van der Waals surface area contributed by atoms with Crippen molar-refractivity contribution in [3.63, 3.8) is 0 Å². The summed E-state index contributed by atoms with van der Waals surface area (Å²) < 4.78 is 25.6. The molecule has 1 amide bonds. The summed E-state index contributed by atoms with van der Waals surface area (Å²) in [6.07, 6.45) is 6.02. The van der Waals surface area contributed by atoms with Crippen molar-refractivity contribution >= 4 is 17.4 Å². The van der Waals surface area contributed by atoms with E-state index in [1.165, 1.54) is 35.3 Å². The summed E-state index contributed by atoms with van der Waals surface area (Å²) in [6.45, 7) is 9.79. The third kappa shape index (κ3) is 7.22. The second-order valence-electron chi connectivity index (χ2n) is 14.3. The average Bonchev–Trinajstić information content (AvgIpc) is 3.68. The second kappa shape index (κ2) is 14.4. The number of likely N-dealkylation sites (tertiary alicyclic amines) is 1. The number of carbonyl (C=O) groups is 1. The van der Waals surface area contributed by atoms with E-state index in [0.29, 0.717) is 37.0 Å². The highest BCUT2D eigenvalue weighted by Gasteiger charge is 2.39. The number of nitrogen functional groups attached to an aromatic ring is 1. The monoisotopic (exact) mass is 680 g/mol. The summed E-state index contributed by atoms with van der Waals surface area (Å²) in [7, 11) is 0. The van der Waals surface area contributed by atoms with E-state index < -0.39 is 11.7 Å². The number of ether oxygens (including phenoxy) is 2. The summed E-state index contributed by atoms with van der Waals surface area (Å²) in [5.74, 6) is -0.809. The number of halogens is 1. The molecule has 0 spiro atoms. The number of anilines is 2. The Hall–Kier alpha value is -4.42. The van der Waals surface area contributed by atoms with Crippen LogP contribution in [-0.2, 0) is 21.5 Å². The van der Waals surface area contributed by atoms with Crippen LogP contribution in [0.5, 0.6) is 0 Å². The number of aliphatic hydroxyl groups is 1. The van der Waals surface area contributed by atoms with Crippen molar-refractivity contribution in [2.24, 2.45) is 0 Å². The maximum absolute atomic E-state index is 13.7. The largest absolute Gasteiger partial charge is 0.395 e. The Morgan fingerprint density at radius 1 is 1.02 bits per heavy atom. The fourth-order valence-electron chi connectivity index (χ4n) is 7.49. The Balaban J connectivity index is 0.969. The number of hydrogen-bond donors (Lipinski definition) is 3. The minimum absolute atomic E-state index is 0.0560. The van der Waals surface area contributed by atoms with Crippen LogP contribution in [0.1, 0.15) is 48.2 Å². The van der Waals surface area contributed by atoms with E-state index in [9.17, 15) is 14.3 Å². The molecule has 2 fully saturated rings. The molecule has 262 valence electrons. The molecule has 3 aliphatic heterocycles. The Morgan fingerprint density at radius 2 is 1.78 bits per heavy atom. The van der Waals surface area contributed by atoms with E-state index in [1.54, 1.807) is 6.07 Å². The van der Waals surface area contributed by atoms with E-state index in [2.05, 4.69) is 81.4 Å². The number of benzene rings is 2. The first-order valence-electron chi connectivity index (χ1n) is 17.4. The Bertz CT molecular complexity index is 1830. The highest BCUT2D eigenvalue weighted by Crippen LogP contribution is 2.44. The molecule has 2 aromatic carbocycles. The molecule has 0 radical (unpaired) electrons. The number of nitrogens with two attached hydrogens (primary N) is 1. The maximum atomic E-state index is 13.7. The number of hydrogen-bond acceptors (Lipinski definition) is 9. The molecule has 0 bridgehead atoms. The number of piperidine rings is 1. The SMILES string of the molecule is CC1(C)CN(C2CCN(CCO)CC2)c2ccc(-c3ccc(CO[C@H]4COC[C@@H]4NC(=O)c4cc(-c5cncc(F)c5)cnc4N)cc3)cc21. The van der Waals surface area contributed by atoms with Gasteiger partial charge in [-0.15, -0.1) is 0 Å². The fraction of sp³-hybridized carbons (Fsp3) is 0.410. The smallest absolute Gasteiger partial charge is 0.255 e. The van der Waals surface area contributed by atoms with Gasteiger partial charge in [0.25, 0.3) is 5.91 Å². The fourth-order valence-corrected chi connectivity index (χ4v) is 7.49. The summed E-state index contributed by atoms with van der Waals surface area (Å²) in [4.78, 5) is 26.3. The zero-order chi connectivity index (χ0) is 34.8. The Kier molecular flexibility index (Phi) is 9.83. The molecule has 11 heteroatoms. The molecule has 4 aromatic rings. The van der Waals surface area contributed by atoms with Gasteiger partial charge in [0, 0.05) is 66.8 Å². The normalized spacial score (nSPS) is 20.6. The van der Waals surface area contributed by atoms with Crippen molar-refractivity contribution in [2.75, 3.05) is 56.6 Å². The molecule has 2 saturated heterocycles. The summed E-state index contributed by atoms with van der Waals surface area (Å²) in [5.41, 5.74) is 13.4. The lowest BCUT2D eigenvalue weighted by Gasteiger charge is -2.38. The molecule has 0 unspecified atom stereocenters. The van der Waals surface area contributed by atoms with Gasteiger partial charge < -0.3 is 35.4 Å². The Morgan fingerprint density at radius 3 is 2.54 bits per heavy atom. The van der Waals surface area contributed by atoms with E-state index >= 15 is 0 Å². The van der Waals surface area contributed by atoms with Gasteiger partial charge in [0.1, 0.15) is 17.7 Å². The highest BCUT2D eigenvalue weighted by molar-refractivity contribution is 5.99. The standard InChI is InChI=1S/C39H45FN6O4/c1-39(2)24-46(31-9-11-45(12-10-31)13-14-47)35-8-7-27(17-33(35)39)26-5-3-25(4-6-26)21-50-36-23-49-22-34(36)44-38(48)32-16-29(19-43-37(32)41)28-15-30(40)20-42-18-28/h3-8,15-20,31,34,36,47H,9-14,21-24H2,1-2H3,(H2,41,43)(H,44,48)/t34-,36-/m0/s1. The first-order valence-corrected chi connectivity index (χ1v) is 17.4. The van der Waals surface area contributed by atoms with Crippen LogP contribution in [0.25, 0.3) is 22.3 Å². The zero-order valence-corrected chi connectivity index (χ0v) is 28.6. The molecule has 5 heterocycles. The van der Waals surface area contributed by atoms with Gasteiger partial charge in [-0.1, -0.05) is 44.2 Å². The van der Waals surface area contributed by atoms with Crippen LogP contribution in [0, 0.1) is 5.82 Å². The topological polar surface area (TPSA) is 126 Å². The number of β-amino-alcohol motifs (C(OH)–C–C–N with tert-alkyl or cyclic N) is 1. The van der Waals surface area contributed by atoms with Crippen LogP contribution in [0.4, 0.5) is 15.9 Å². The van der Waals surface area contributed by atoms with Crippen molar-refractivity contribution in [1.29, 1.82) is 0 Å². The lowest BCUT2D eigenvalue weighted by Crippen LogP contribution is -2.46. The van der Waals surface area contributed by atoms with Gasteiger partial charge in [-0.05, 0) is 59.4 Å². The van der Waals surface area contributed by atoms with Crippen LogP contribution in [0.15, 0.2) is 73.2 Å². The molecule has 50 heavy (non-hydrogen) atoms. The molecule has 0 saturated carbocycles. The summed E-state index contributed by atoms with van der Waals surface area (Å²) in [5, 5.41) is 12.3. The van der Waals surface area contributed by atoms with Gasteiger partial charge in [-0.2, -0.15) is 0 Å². The Labute approximate surface area is 292 Å². The van der Waals surface area contributed by atoms with Crippen LogP contribution >= 0.6 is 0 Å². The predicted molar refractivity (Wildman–Crippen MR) is 191 cm³/mol. The van der Waals surface area contributed by atoms with Gasteiger partial charge in [0.2, 0.25) is 0 Å². The van der Waals surface area contributed by atoms with E-state index in [4.69, 9.17) is 15.2 Å². The van der Waals surface area contributed by atoms with Crippen LogP contribution in [0.3, 0.4) is 0 Å². The lowest BCUT2D eigenvalue weighted by molar-refractivity contribution is 0.0218. The predicted octanol–water partition coefficient (Wildman–Crippen LogP) is 4.80. The van der Waals surface area contributed by atoms with Crippen molar-refractivity contribution in [2.45, 2.75) is 56.9 Å². The summed E-state index contributed by atoms with van der Waals surface area (Å²) >= 11 is 0.